The van der Waals surface area contributed by atoms with Crippen LogP contribution < -0.4 is 9.47 Å². The van der Waals surface area contributed by atoms with Gasteiger partial charge in [-0.25, -0.2) is 0 Å². The Bertz CT molecular complexity index is 507. The summed E-state index contributed by atoms with van der Waals surface area (Å²) in [5.74, 6) is 1.49. The second kappa shape index (κ2) is 4.39. The maximum absolute atomic E-state index is 9.59. The van der Waals surface area contributed by atoms with Crippen LogP contribution in [0.15, 0.2) is 35.7 Å². The smallest absolute Gasteiger partial charge is 0.129 e. The largest absolute Gasteiger partial charge is 0.490 e. The Morgan fingerprint density at radius 2 is 2.35 bits per heavy atom. The van der Waals surface area contributed by atoms with Gasteiger partial charge < -0.3 is 14.6 Å². The number of hydrogen-bond donors (Lipinski definition) is 1. The Hall–Kier alpha value is -1.52. The van der Waals surface area contributed by atoms with Crippen LogP contribution in [0.25, 0.3) is 0 Å². The van der Waals surface area contributed by atoms with Crippen LogP contribution in [0.4, 0.5) is 0 Å². The van der Waals surface area contributed by atoms with Gasteiger partial charge in [0.05, 0.1) is 0 Å². The fourth-order valence-electron chi connectivity index (χ4n) is 1.81. The van der Waals surface area contributed by atoms with Gasteiger partial charge in [0, 0.05) is 16.5 Å². The highest BCUT2D eigenvalue weighted by molar-refractivity contribution is 7.09. The van der Waals surface area contributed by atoms with Crippen LogP contribution in [-0.4, -0.2) is 11.7 Å². The normalized spacial score (nSPS) is 17.6. The first-order valence-electron chi connectivity index (χ1n) is 5.43. The third-order valence-corrected chi connectivity index (χ3v) is 3.55. The standard InChI is InChI=1S/C13H12O3S/c14-12-8-16-13-6-9(3-4-11(12)13)15-7-10-2-1-5-17-10/h1-6,12,14H,7-8H2. The molecule has 3 nitrogen and oxygen atoms in total. The van der Waals surface area contributed by atoms with Gasteiger partial charge in [-0.1, -0.05) is 6.07 Å². The Kier molecular flexibility index (Phi) is 2.74. The molecule has 0 aliphatic carbocycles. The molecule has 0 amide bonds. The fraction of sp³-hybridized carbons (Fsp3) is 0.231. The summed E-state index contributed by atoms with van der Waals surface area (Å²) in [6, 6.07) is 9.60. The number of benzene rings is 1. The molecule has 1 unspecified atom stereocenters. The van der Waals surface area contributed by atoms with E-state index in [2.05, 4.69) is 0 Å². The molecule has 4 heteroatoms. The van der Waals surface area contributed by atoms with E-state index in [0.717, 1.165) is 17.1 Å². The molecule has 0 spiro atoms. The van der Waals surface area contributed by atoms with Crippen LogP contribution >= 0.6 is 11.3 Å². The van der Waals surface area contributed by atoms with Crippen molar-refractivity contribution in [3.8, 4) is 11.5 Å². The minimum atomic E-state index is -0.503. The van der Waals surface area contributed by atoms with Crippen LogP contribution in [0.1, 0.15) is 16.5 Å². The van der Waals surface area contributed by atoms with Gasteiger partial charge >= 0.3 is 0 Å². The minimum absolute atomic E-state index is 0.337. The molecule has 2 heterocycles. The molecule has 88 valence electrons. The van der Waals surface area contributed by atoms with Crippen LogP contribution in [0.2, 0.25) is 0 Å². The Morgan fingerprint density at radius 3 is 3.18 bits per heavy atom. The van der Waals surface area contributed by atoms with Crippen LogP contribution in [0.3, 0.4) is 0 Å². The van der Waals surface area contributed by atoms with Crippen molar-refractivity contribution < 1.29 is 14.6 Å². The Labute approximate surface area is 103 Å². The summed E-state index contributed by atoms with van der Waals surface area (Å²) >= 11 is 1.67. The second-order valence-corrected chi connectivity index (χ2v) is 4.93. The van der Waals surface area contributed by atoms with Gasteiger partial charge in [-0.05, 0) is 23.6 Å². The predicted molar refractivity (Wildman–Crippen MR) is 65.5 cm³/mol. The third kappa shape index (κ3) is 2.14. The first-order chi connectivity index (χ1) is 8.33. The van der Waals surface area contributed by atoms with E-state index in [-0.39, 0.29) is 0 Å². The average molecular weight is 248 g/mol. The zero-order valence-electron chi connectivity index (χ0n) is 9.13. The molecule has 0 fully saturated rings. The lowest BCUT2D eigenvalue weighted by molar-refractivity contribution is 0.140. The van der Waals surface area contributed by atoms with Crippen LogP contribution in [-0.2, 0) is 6.61 Å². The van der Waals surface area contributed by atoms with Crippen molar-refractivity contribution >= 4 is 11.3 Å². The van der Waals surface area contributed by atoms with Crippen molar-refractivity contribution in [2.24, 2.45) is 0 Å². The van der Waals surface area contributed by atoms with E-state index in [1.165, 1.54) is 4.88 Å². The number of ether oxygens (including phenoxy) is 2. The highest BCUT2D eigenvalue weighted by Gasteiger charge is 2.21. The lowest BCUT2D eigenvalue weighted by Crippen LogP contribution is -1.97. The molecule has 1 N–H and O–H groups in total. The predicted octanol–water partition coefficient (Wildman–Crippen LogP) is 2.75. The number of hydrogen-bond acceptors (Lipinski definition) is 4. The number of fused-ring (bicyclic) bond motifs is 1. The zero-order valence-corrected chi connectivity index (χ0v) is 9.94. The number of aliphatic hydroxyl groups excluding tert-OH is 1. The number of aliphatic hydroxyl groups is 1. The molecule has 3 rings (SSSR count). The summed E-state index contributed by atoms with van der Waals surface area (Å²) < 4.78 is 11.0. The fourth-order valence-corrected chi connectivity index (χ4v) is 2.43. The zero-order chi connectivity index (χ0) is 11.7. The van der Waals surface area contributed by atoms with Crippen molar-refractivity contribution in [3.63, 3.8) is 0 Å². The quantitative estimate of drug-likeness (QED) is 0.907. The molecule has 1 aliphatic heterocycles. The summed E-state index contributed by atoms with van der Waals surface area (Å²) in [4.78, 5) is 1.19. The van der Waals surface area contributed by atoms with E-state index in [1.807, 2.05) is 35.7 Å². The summed E-state index contributed by atoms with van der Waals surface area (Å²) in [5, 5.41) is 11.6. The average Bonchev–Trinajstić information content (AvgIpc) is 2.97. The maximum Gasteiger partial charge on any atom is 0.129 e. The highest BCUT2D eigenvalue weighted by atomic mass is 32.1. The highest BCUT2D eigenvalue weighted by Crippen LogP contribution is 2.35. The van der Waals surface area contributed by atoms with Crippen molar-refractivity contribution in [1.29, 1.82) is 0 Å². The maximum atomic E-state index is 9.59. The van der Waals surface area contributed by atoms with E-state index in [9.17, 15) is 5.11 Å². The number of rotatable bonds is 3. The van der Waals surface area contributed by atoms with Crippen molar-refractivity contribution in [2.75, 3.05) is 6.61 Å². The Morgan fingerprint density at radius 1 is 1.41 bits per heavy atom. The third-order valence-electron chi connectivity index (χ3n) is 2.70. The van der Waals surface area contributed by atoms with E-state index < -0.39 is 6.10 Å². The van der Waals surface area contributed by atoms with E-state index in [1.54, 1.807) is 11.3 Å². The first kappa shape index (κ1) is 10.6. The molecule has 0 saturated carbocycles. The molecule has 17 heavy (non-hydrogen) atoms. The van der Waals surface area contributed by atoms with Crippen LogP contribution in [0.5, 0.6) is 11.5 Å². The van der Waals surface area contributed by atoms with Crippen LogP contribution in [0, 0.1) is 0 Å². The van der Waals surface area contributed by atoms with Crippen molar-refractivity contribution in [2.45, 2.75) is 12.7 Å². The molecule has 1 atom stereocenters. The van der Waals surface area contributed by atoms with E-state index >= 15 is 0 Å². The lowest BCUT2D eigenvalue weighted by atomic mass is 10.1. The van der Waals surface area contributed by atoms with Crippen molar-refractivity contribution in [1.82, 2.24) is 0 Å². The SMILES string of the molecule is OC1COc2cc(OCc3cccs3)ccc21. The van der Waals surface area contributed by atoms with Gasteiger partial charge in [-0.3, -0.25) is 0 Å². The monoisotopic (exact) mass is 248 g/mol. The molecule has 0 radical (unpaired) electrons. The van der Waals surface area contributed by atoms with Gasteiger partial charge in [-0.15, -0.1) is 11.3 Å². The van der Waals surface area contributed by atoms with Gasteiger partial charge in [-0.2, -0.15) is 0 Å². The summed E-state index contributed by atoms with van der Waals surface area (Å²) in [6.07, 6.45) is -0.503. The Balaban J connectivity index is 1.72. The van der Waals surface area contributed by atoms with E-state index in [4.69, 9.17) is 9.47 Å². The van der Waals surface area contributed by atoms with Gasteiger partial charge in [0.25, 0.3) is 0 Å². The van der Waals surface area contributed by atoms with E-state index in [0.29, 0.717) is 13.2 Å². The summed E-state index contributed by atoms with van der Waals surface area (Å²) in [7, 11) is 0. The molecule has 1 aromatic heterocycles. The van der Waals surface area contributed by atoms with Gasteiger partial charge in [0.1, 0.15) is 30.8 Å². The minimum Gasteiger partial charge on any atom is -0.490 e. The molecule has 1 aliphatic rings. The number of thiophene rings is 1. The molecule has 0 bridgehead atoms. The molecular formula is C13H12O3S. The van der Waals surface area contributed by atoms with Crippen molar-refractivity contribution in [3.05, 3.63) is 46.2 Å². The lowest BCUT2D eigenvalue weighted by Gasteiger charge is -2.06. The van der Waals surface area contributed by atoms with Gasteiger partial charge in [0.15, 0.2) is 0 Å². The second-order valence-electron chi connectivity index (χ2n) is 3.89. The molecule has 1 aromatic carbocycles. The van der Waals surface area contributed by atoms with Gasteiger partial charge in [0.2, 0.25) is 0 Å². The summed E-state index contributed by atoms with van der Waals surface area (Å²) in [5.41, 5.74) is 0.841. The first-order valence-corrected chi connectivity index (χ1v) is 6.31. The molecule has 0 saturated heterocycles. The molecule has 2 aromatic rings. The molecular weight excluding hydrogens is 236 g/mol. The topological polar surface area (TPSA) is 38.7 Å². The summed E-state index contributed by atoms with van der Waals surface area (Å²) in [6.45, 7) is 0.905.